The Bertz CT molecular complexity index is 542. The topological polar surface area (TPSA) is 110 Å². The second-order valence-corrected chi connectivity index (χ2v) is 4.48. The van der Waals surface area contributed by atoms with Crippen LogP contribution in [0.4, 0.5) is 5.82 Å². The maximum Gasteiger partial charge on any atom is 0.355 e. The number of aliphatic carboxylic acids is 1. The Morgan fingerprint density at radius 2 is 2.45 bits per heavy atom. The van der Waals surface area contributed by atoms with Gasteiger partial charge in [-0.3, -0.25) is 5.41 Å². The molecule has 0 aromatic carbocycles. The van der Waals surface area contributed by atoms with Crippen LogP contribution in [-0.2, 0) is 17.6 Å². The van der Waals surface area contributed by atoms with Gasteiger partial charge < -0.3 is 15.8 Å². The van der Waals surface area contributed by atoms with Crippen molar-refractivity contribution < 1.29 is 9.90 Å². The summed E-state index contributed by atoms with van der Waals surface area (Å²) in [6, 6.07) is 4.09. The van der Waals surface area contributed by atoms with Crippen LogP contribution in [0.3, 0.4) is 0 Å². The van der Waals surface area contributed by atoms with Gasteiger partial charge in [0.15, 0.2) is 5.71 Å². The van der Waals surface area contributed by atoms with Crippen molar-refractivity contribution in [2.75, 3.05) is 18.4 Å². The minimum Gasteiger partial charge on any atom is -0.476 e. The van der Waals surface area contributed by atoms with Gasteiger partial charge in [-0.05, 0) is 24.5 Å². The highest BCUT2D eigenvalue weighted by molar-refractivity contribution is 6.57. The van der Waals surface area contributed by atoms with Crippen molar-refractivity contribution in [2.45, 2.75) is 19.3 Å². The summed E-state index contributed by atoms with van der Waals surface area (Å²) in [6.07, 6.45) is 3.87. The Hall–Kier alpha value is -2.44. The number of carboxylic acid groups (broad SMARTS) is 1. The average Bonchev–Trinajstić information content (AvgIpc) is 2.46. The van der Waals surface area contributed by atoms with E-state index in [1.807, 2.05) is 6.07 Å². The molecule has 2 heterocycles. The fourth-order valence-corrected chi connectivity index (χ4v) is 1.92. The van der Waals surface area contributed by atoms with Crippen LogP contribution in [0.1, 0.15) is 17.7 Å². The van der Waals surface area contributed by atoms with Crippen molar-refractivity contribution >= 4 is 23.7 Å². The van der Waals surface area contributed by atoms with E-state index in [0.717, 1.165) is 37.1 Å². The Morgan fingerprint density at radius 3 is 3.25 bits per heavy atom. The smallest absolute Gasteiger partial charge is 0.355 e. The van der Waals surface area contributed by atoms with E-state index in [1.54, 1.807) is 0 Å². The van der Waals surface area contributed by atoms with Gasteiger partial charge in [0.25, 0.3) is 0 Å². The lowest BCUT2D eigenvalue weighted by Gasteiger charge is -2.17. The van der Waals surface area contributed by atoms with E-state index in [9.17, 15) is 4.79 Å². The van der Waals surface area contributed by atoms with Crippen LogP contribution < -0.4 is 10.7 Å². The third kappa shape index (κ3) is 3.78. The Morgan fingerprint density at radius 1 is 1.60 bits per heavy atom. The normalized spacial score (nSPS) is 13.6. The maximum atomic E-state index is 10.4. The summed E-state index contributed by atoms with van der Waals surface area (Å²) in [6.45, 7) is 1.50. The van der Waals surface area contributed by atoms with E-state index in [-0.39, 0.29) is 0 Å². The van der Waals surface area contributed by atoms with Crippen LogP contribution in [0.2, 0.25) is 0 Å². The first kappa shape index (κ1) is 14.0. The third-order valence-corrected chi connectivity index (χ3v) is 2.96. The standard InChI is InChI=1S/C13H17N5O2/c14-11(13(19)20)8-17-16-7-5-10-4-3-9-2-1-6-15-12(9)18-10/h3-4,8,14,16H,1-2,5-7H2,(H,15,18)(H,19,20)/b14-11?,17-8-. The average molecular weight is 275 g/mol. The summed E-state index contributed by atoms with van der Waals surface area (Å²) in [5, 5.41) is 22.5. The summed E-state index contributed by atoms with van der Waals surface area (Å²) < 4.78 is 0. The number of fused-ring (bicyclic) bond motifs is 1. The van der Waals surface area contributed by atoms with Gasteiger partial charge in [-0.1, -0.05) is 6.07 Å². The van der Waals surface area contributed by atoms with E-state index in [2.05, 4.69) is 26.9 Å². The molecule has 0 spiro atoms. The molecule has 0 atom stereocenters. The number of hydrogen-bond donors (Lipinski definition) is 4. The molecule has 0 amide bonds. The maximum absolute atomic E-state index is 10.4. The molecule has 1 aromatic rings. The highest BCUT2D eigenvalue weighted by Gasteiger charge is 2.09. The summed E-state index contributed by atoms with van der Waals surface area (Å²) in [5.41, 5.74) is 4.36. The molecule has 7 heteroatoms. The van der Waals surface area contributed by atoms with Gasteiger partial charge in [0.05, 0.1) is 6.21 Å². The summed E-state index contributed by atoms with van der Waals surface area (Å²) in [4.78, 5) is 14.9. The molecule has 0 bridgehead atoms. The SMILES string of the molecule is N=C(/C=N\NCCc1ccc2c(n1)NCCC2)C(=O)O. The third-order valence-electron chi connectivity index (χ3n) is 2.96. The first-order chi connectivity index (χ1) is 9.66. The van der Waals surface area contributed by atoms with Crippen molar-refractivity contribution in [1.82, 2.24) is 10.4 Å². The molecule has 0 unspecified atom stereocenters. The molecule has 1 aliphatic heterocycles. The van der Waals surface area contributed by atoms with Crippen molar-refractivity contribution in [2.24, 2.45) is 5.10 Å². The summed E-state index contributed by atoms with van der Waals surface area (Å²) in [5.74, 6) is -0.331. The molecule has 2 rings (SSSR count). The van der Waals surface area contributed by atoms with Gasteiger partial charge in [0, 0.05) is 25.2 Å². The molecule has 0 fully saturated rings. The fourth-order valence-electron chi connectivity index (χ4n) is 1.92. The van der Waals surface area contributed by atoms with Gasteiger partial charge in [-0.2, -0.15) is 5.10 Å². The van der Waals surface area contributed by atoms with E-state index in [1.165, 1.54) is 5.56 Å². The van der Waals surface area contributed by atoms with Crippen LogP contribution in [0, 0.1) is 5.41 Å². The number of anilines is 1. The predicted octanol–water partition coefficient (Wildman–Crippen LogP) is 0.662. The molecular weight excluding hydrogens is 258 g/mol. The van der Waals surface area contributed by atoms with E-state index < -0.39 is 11.7 Å². The highest BCUT2D eigenvalue weighted by Crippen LogP contribution is 2.19. The van der Waals surface area contributed by atoms with Crippen molar-refractivity contribution in [3.05, 3.63) is 23.4 Å². The number of pyridine rings is 1. The number of hydrazone groups is 1. The van der Waals surface area contributed by atoms with Crippen molar-refractivity contribution in [3.8, 4) is 0 Å². The van der Waals surface area contributed by atoms with Crippen molar-refractivity contribution in [3.63, 3.8) is 0 Å². The number of nitrogens with one attached hydrogen (secondary N) is 3. The Kier molecular flexibility index (Phi) is 4.65. The Balaban J connectivity index is 1.80. The second-order valence-electron chi connectivity index (χ2n) is 4.48. The Labute approximate surface area is 116 Å². The number of aryl methyl sites for hydroxylation is 1. The lowest BCUT2D eigenvalue weighted by atomic mass is 10.1. The summed E-state index contributed by atoms with van der Waals surface area (Å²) >= 11 is 0. The number of carboxylic acids is 1. The first-order valence-electron chi connectivity index (χ1n) is 6.47. The first-order valence-corrected chi connectivity index (χ1v) is 6.47. The molecular formula is C13H17N5O2. The minimum atomic E-state index is -1.29. The number of nitrogens with zero attached hydrogens (tertiary/aromatic N) is 2. The van der Waals surface area contributed by atoms with Gasteiger partial charge in [0.2, 0.25) is 0 Å². The number of carbonyl (C=O) groups is 1. The molecule has 1 aromatic heterocycles. The van der Waals surface area contributed by atoms with Gasteiger partial charge in [-0.25, -0.2) is 9.78 Å². The van der Waals surface area contributed by atoms with Gasteiger partial charge >= 0.3 is 5.97 Å². The lowest BCUT2D eigenvalue weighted by molar-refractivity contribution is -0.129. The molecule has 0 saturated heterocycles. The molecule has 106 valence electrons. The molecule has 0 saturated carbocycles. The zero-order valence-electron chi connectivity index (χ0n) is 11.0. The van der Waals surface area contributed by atoms with E-state index >= 15 is 0 Å². The van der Waals surface area contributed by atoms with Gasteiger partial charge in [-0.15, -0.1) is 0 Å². The molecule has 4 N–H and O–H groups in total. The zero-order chi connectivity index (χ0) is 14.4. The molecule has 0 radical (unpaired) electrons. The predicted molar refractivity (Wildman–Crippen MR) is 76.6 cm³/mol. The van der Waals surface area contributed by atoms with Gasteiger partial charge in [0.1, 0.15) is 5.82 Å². The van der Waals surface area contributed by atoms with Crippen LogP contribution in [0.15, 0.2) is 17.2 Å². The van der Waals surface area contributed by atoms with Crippen LogP contribution in [-0.4, -0.2) is 41.1 Å². The lowest BCUT2D eigenvalue weighted by Crippen LogP contribution is -2.18. The van der Waals surface area contributed by atoms with E-state index in [4.69, 9.17) is 10.5 Å². The molecule has 20 heavy (non-hydrogen) atoms. The minimum absolute atomic E-state index is 0.537. The van der Waals surface area contributed by atoms with Crippen LogP contribution in [0.5, 0.6) is 0 Å². The van der Waals surface area contributed by atoms with Crippen LogP contribution >= 0.6 is 0 Å². The van der Waals surface area contributed by atoms with Crippen molar-refractivity contribution in [1.29, 1.82) is 5.41 Å². The van der Waals surface area contributed by atoms with E-state index in [0.29, 0.717) is 13.0 Å². The highest BCUT2D eigenvalue weighted by atomic mass is 16.4. The molecule has 1 aliphatic rings. The quantitative estimate of drug-likeness (QED) is 0.346. The fraction of sp³-hybridized carbons (Fsp3) is 0.385. The number of rotatable bonds is 6. The van der Waals surface area contributed by atoms with Crippen LogP contribution in [0.25, 0.3) is 0 Å². The number of hydrogen-bond acceptors (Lipinski definition) is 6. The monoisotopic (exact) mass is 275 g/mol. The number of aromatic nitrogens is 1. The summed E-state index contributed by atoms with van der Waals surface area (Å²) in [7, 11) is 0. The molecule has 7 nitrogen and oxygen atoms in total. The zero-order valence-corrected chi connectivity index (χ0v) is 11.0. The second kappa shape index (κ2) is 6.65. The molecule has 0 aliphatic carbocycles. The largest absolute Gasteiger partial charge is 0.476 e.